The Morgan fingerprint density at radius 2 is 2.07 bits per heavy atom. The second-order valence-corrected chi connectivity index (χ2v) is 8.86. The van der Waals surface area contributed by atoms with Crippen LogP contribution in [0.3, 0.4) is 0 Å². The van der Waals surface area contributed by atoms with E-state index in [4.69, 9.17) is 0 Å². The van der Waals surface area contributed by atoms with Crippen molar-refractivity contribution < 1.29 is 4.39 Å². The third kappa shape index (κ3) is 6.71. The van der Waals surface area contributed by atoms with Crippen molar-refractivity contribution in [1.29, 1.82) is 0 Å². The molecule has 0 bridgehead atoms. The molecule has 0 spiro atoms. The van der Waals surface area contributed by atoms with Gasteiger partial charge in [0.2, 0.25) is 0 Å². The van der Waals surface area contributed by atoms with Crippen molar-refractivity contribution in [3.8, 4) is 0 Å². The first-order valence-corrected chi connectivity index (χ1v) is 10.7. The zero-order valence-corrected chi connectivity index (χ0v) is 17.6. The highest BCUT2D eigenvalue weighted by Crippen LogP contribution is 2.19. The number of rotatable bonds is 9. The molecular formula is C23H35FN4. The summed E-state index contributed by atoms with van der Waals surface area (Å²) in [6, 6.07) is 9.15. The number of H-pyrrole nitrogens is 1. The molecule has 1 aliphatic heterocycles. The average molecular weight is 387 g/mol. The lowest BCUT2D eigenvalue weighted by molar-refractivity contribution is 0.142. The van der Waals surface area contributed by atoms with Crippen LogP contribution in [-0.4, -0.2) is 53.2 Å². The molecule has 4 nitrogen and oxygen atoms in total. The Hall–Kier alpha value is -1.72. The first-order chi connectivity index (χ1) is 13.5. The Labute approximate surface area is 169 Å². The highest BCUT2D eigenvalue weighted by Gasteiger charge is 2.21. The lowest BCUT2D eigenvalue weighted by atomic mass is 9.97. The van der Waals surface area contributed by atoms with Crippen LogP contribution >= 0.6 is 0 Å². The van der Waals surface area contributed by atoms with E-state index in [-0.39, 0.29) is 5.82 Å². The van der Waals surface area contributed by atoms with Crippen molar-refractivity contribution in [3.63, 3.8) is 0 Å². The highest BCUT2D eigenvalue weighted by atomic mass is 19.1. The molecule has 0 unspecified atom stereocenters. The molecule has 2 heterocycles. The molecule has 1 fully saturated rings. The topological polar surface area (TPSA) is 35.2 Å². The summed E-state index contributed by atoms with van der Waals surface area (Å²) in [4.78, 5) is 4.99. The number of aromatic amines is 1. The molecule has 0 aliphatic carbocycles. The van der Waals surface area contributed by atoms with E-state index in [0.29, 0.717) is 11.8 Å². The fourth-order valence-corrected chi connectivity index (χ4v) is 4.25. The summed E-state index contributed by atoms with van der Waals surface area (Å²) in [5.74, 6) is 1.19. The molecule has 0 saturated carbocycles. The number of aromatic nitrogens is 2. The SMILES string of the molecule is CC(C)Cc1cc(CN(C)C[C@H]2CCCN(CCc3ccc(F)cc3)C2)[nH]n1. The molecule has 1 aromatic carbocycles. The number of nitrogens with one attached hydrogen (secondary N) is 1. The minimum absolute atomic E-state index is 0.154. The zero-order valence-electron chi connectivity index (χ0n) is 17.6. The summed E-state index contributed by atoms with van der Waals surface area (Å²) in [6.07, 6.45) is 4.60. The molecule has 2 aromatic rings. The van der Waals surface area contributed by atoms with Gasteiger partial charge in [0.25, 0.3) is 0 Å². The fraction of sp³-hybridized carbons (Fsp3) is 0.609. The van der Waals surface area contributed by atoms with E-state index in [1.54, 1.807) is 12.1 Å². The van der Waals surface area contributed by atoms with Crippen molar-refractivity contribution >= 4 is 0 Å². The van der Waals surface area contributed by atoms with Crippen molar-refractivity contribution in [2.45, 2.75) is 46.1 Å². The van der Waals surface area contributed by atoms with Crippen LogP contribution in [0.1, 0.15) is 43.6 Å². The number of hydrogen-bond donors (Lipinski definition) is 1. The smallest absolute Gasteiger partial charge is 0.123 e. The summed E-state index contributed by atoms with van der Waals surface area (Å²) in [5, 5.41) is 7.65. The van der Waals surface area contributed by atoms with Crippen molar-refractivity contribution in [2.75, 3.05) is 33.2 Å². The van der Waals surface area contributed by atoms with Gasteiger partial charge >= 0.3 is 0 Å². The van der Waals surface area contributed by atoms with Crippen LogP contribution in [-0.2, 0) is 19.4 Å². The Bertz CT molecular complexity index is 710. The maximum absolute atomic E-state index is 13.0. The van der Waals surface area contributed by atoms with Gasteiger partial charge in [-0.15, -0.1) is 0 Å². The number of hydrogen-bond acceptors (Lipinski definition) is 3. The van der Waals surface area contributed by atoms with Crippen molar-refractivity contribution in [1.82, 2.24) is 20.0 Å². The normalized spacial score (nSPS) is 18.3. The van der Waals surface area contributed by atoms with Gasteiger partial charge < -0.3 is 9.80 Å². The van der Waals surface area contributed by atoms with Crippen LogP contribution < -0.4 is 0 Å². The number of halogens is 1. The molecule has 0 radical (unpaired) electrons. The standard InChI is InChI=1S/C23H35FN4/c1-18(2)13-22-14-23(26-25-22)17-27(3)15-20-5-4-11-28(16-20)12-10-19-6-8-21(24)9-7-19/h6-9,14,18,20H,4-5,10-13,15-17H2,1-3H3,(H,25,26)/t20-/m1/s1. The van der Waals surface area contributed by atoms with Crippen LogP contribution in [0.5, 0.6) is 0 Å². The minimum Gasteiger partial charge on any atom is -0.303 e. The number of nitrogens with zero attached hydrogens (tertiary/aromatic N) is 3. The Balaban J connectivity index is 1.42. The molecule has 154 valence electrons. The summed E-state index contributed by atoms with van der Waals surface area (Å²) in [5.41, 5.74) is 3.60. The summed E-state index contributed by atoms with van der Waals surface area (Å²) < 4.78 is 13.0. The van der Waals surface area contributed by atoms with E-state index in [9.17, 15) is 4.39 Å². The van der Waals surface area contributed by atoms with Gasteiger partial charge in [0.05, 0.1) is 5.69 Å². The Kier molecular flexibility index (Phi) is 7.63. The van der Waals surface area contributed by atoms with E-state index in [1.165, 1.54) is 36.3 Å². The summed E-state index contributed by atoms with van der Waals surface area (Å²) in [7, 11) is 2.21. The Morgan fingerprint density at radius 3 is 2.82 bits per heavy atom. The van der Waals surface area contributed by atoms with Crippen LogP contribution in [0.4, 0.5) is 4.39 Å². The second-order valence-electron chi connectivity index (χ2n) is 8.86. The number of likely N-dealkylation sites (tertiary alicyclic amines) is 1. The van der Waals surface area contributed by atoms with Gasteiger partial charge in [-0.3, -0.25) is 5.10 Å². The maximum Gasteiger partial charge on any atom is 0.123 e. The average Bonchev–Trinajstić information content (AvgIpc) is 3.07. The molecule has 1 saturated heterocycles. The van der Waals surface area contributed by atoms with Crippen LogP contribution in [0, 0.1) is 17.7 Å². The molecule has 3 rings (SSSR count). The van der Waals surface area contributed by atoms with Gasteiger partial charge in [-0.05, 0) is 74.9 Å². The van der Waals surface area contributed by atoms with Gasteiger partial charge in [-0.1, -0.05) is 26.0 Å². The lowest BCUT2D eigenvalue weighted by Crippen LogP contribution is -2.40. The van der Waals surface area contributed by atoms with Crippen molar-refractivity contribution in [2.24, 2.45) is 11.8 Å². The highest BCUT2D eigenvalue weighted by molar-refractivity contribution is 5.16. The zero-order chi connectivity index (χ0) is 19.9. The molecule has 1 atom stereocenters. The summed E-state index contributed by atoms with van der Waals surface area (Å²) >= 11 is 0. The van der Waals surface area contributed by atoms with Gasteiger partial charge in [-0.25, -0.2) is 4.39 Å². The van der Waals surface area contributed by atoms with Gasteiger partial charge in [0.15, 0.2) is 0 Å². The molecule has 1 N–H and O–H groups in total. The van der Waals surface area contributed by atoms with E-state index in [0.717, 1.165) is 39.0 Å². The maximum atomic E-state index is 13.0. The first-order valence-electron chi connectivity index (χ1n) is 10.7. The lowest BCUT2D eigenvalue weighted by Gasteiger charge is -2.34. The first kappa shape index (κ1) is 21.0. The van der Waals surface area contributed by atoms with E-state index >= 15 is 0 Å². The second kappa shape index (κ2) is 10.2. The third-order valence-corrected chi connectivity index (χ3v) is 5.54. The number of benzene rings is 1. The van der Waals surface area contributed by atoms with Gasteiger partial charge in [-0.2, -0.15) is 5.10 Å². The fourth-order valence-electron chi connectivity index (χ4n) is 4.25. The third-order valence-electron chi connectivity index (χ3n) is 5.54. The van der Waals surface area contributed by atoms with Gasteiger partial charge in [0.1, 0.15) is 5.82 Å². The predicted octanol–water partition coefficient (Wildman–Crippen LogP) is 4.13. The van der Waals surface area contributed by atoms with E-state index in [1.807, 2.05) is 12.1 Å². The monoisotopic (exact) mass is 386 g/mol. The molecular weight excluding hydrogens is 351 g/mol. The van der Waals surface area contributed by atoms with Crippen LogP contribution in [0.2, 0.25) is 0 Å². The number of piperidine rings is 1. The van der Waals surface area contributed by atoms with Crippen LogP contribution in [0.25, 0.3) is 0 Å². The molecule has 28 heavy (non-hydrogen) atoms. The molecule has 1 aliphatic rings. The summed E-state index contributed by atoms with van der Waals surface area (Å²) in [6.45, 7) is 9.90. The molecule has 1 aromatic heterocycles. The Morgan fingerprint density at radius 1 is 1.29 bits per heavy atom. The van der Waals surface area contributed by atoms with Crippen LogP contribution in [0.15, 0.2) is 30.3 Å². The predicted molar refractivity (Wildman–Crippen MR) is 113 cm³/mol. The van der Waals surface area contributed by atoms with E-state index < -0.39 is 0 Å². The van der Waals surface area contributed by atoms with E-state index in [2.05, 4.69) is 47.0 Å². The molecule has 5 heteroatoms. The van der Waals surface area contributed by atoms with Gasteiger partial charge in [0, 0.05) is 31.9 Å². The minimum atomic E-state index is -0.154. The largest absolute Gasteiger partial charge is 0.303 e. The molecule has 0 amide bonds. The quantitative estimate of drug-likeness (QED) is 0.704. The van der Waals surface area contributed by atoms with Crippen molar-refractivity contribution in [3.05, 3.63) is 53.1 Å².